The number of rotatable bonds is 14. The second kappa shape index (κ2) is 22.2. The van der Waals surface area contributed by atoms with Crippen LogP contribution < -0.4 is 10.2 Å². The minimum absolute atomic E-state index is 0.0113. The Kier molecular flexibility index (Phi) is 16.1. The Morgan fingerprint density at radius 2 is 0.742 bits per heavy atom. The summed E-state index contributed by atoms with van der Waals surface area (Å²) in [6.45, 7) is 10.3. The van der Waals surface area contributed by atoms with Gasteiger partial charge in [-0.2, -0.15) is 0 Å². The van der Waals surface area contributed by atoms with E-state index in [4.69, 9.17) is 10.2 Å². The van der Waals surface area contributed by atoms with Crippen LogP contribution in [-0.4, -0.2) is 99.7 Å². The zero-order valence-corrected chi connectivity index (χ0v) is 36.1. The van der Waals surface area contributed by atoms with Gasteiger partial charge in [0.15, 0.2) is 11.6 Å². The molecule has 6 aromatic rings. The van der Waals surface area contributed by atoms with Gasteiger partial charge in [-0.1, -0.05) is 36.4 Å². The van der Waals surface area contributed by atoms with Gasteiger partial charge in [-0.3, -0.25) is 9.98 Å². The molecule has 0 spiro atoms. The maximum absolute atomic E-state index is 11.1. The van der Waals surface area contributed by atoms with Crippen LogP contribution in [0.25, 0.3) is 12.2 Å². The summed E-state index contributed by atoms with van der Waals surface area (Å²) in [6, 6.07) is 19.3. The van der Waals surface area contributed by atoms with Crippen molar-refractivity contribution >= 4 is 72.8 Å². The fraction of sp³-hybridized carbons (Fsp3) is 0.130. The third-order valence-electron chi connectivity index (χ3n) is 9.04. The number of carbonyl (C=O) groups is 4. The molecule has 0 aliphatic carbocycles. The zero-order valence-electron chi connectivity index (χ0n) is 36.1. The molecule has 20 heteroatoms. The number of aliphatic imine (C=N–C) groups is 4. The third kappa shape index (κ3) is 13.9. The topological polar surface area (TPSA) is 307 Å². The molecule has 6 rings (SSSR count). The van der Waals surface area contributed by atoms with Gasteiger partial charge in [0.2, 0.25) is 0 Å². The fourth-order valence-corrected chi connectivity index (χ4v) is 5.75. The van der Waals surface area contributed by atoms with E-state index in [1.807, 2.05) is 0 Å². The van der Waals surface area contributed by atoms with Crippen molar-refractivity contribution in [3.8, 4) is 0 Å². The van der Waals surface area contributed by atoms with E-state index in [2.05, 4.69) is 60.8 Å². The van der Waals surface area contributed by atoms with Crippen LogP contribution in [0.4, 0.5) is 11.9 Å². The molecule has 332 valence electrons. The molecule has 0 atom stereocenters. The Hall–Kier alpha value is -9.20. The molecule has 0 saturated carbocycles. The highest BCUT2D eigenvalue weighted by atomic mass is 16.4. The van der Waals surface area contributed by atoms with E-state index < -0.39 is 23.9 Å². The van der Waals surface area contributed by atoms with Crippen molar-refractivity contribution in [2.24, 2.45) is 20.0 Å². The third-order valence-corrected chi connectivity index (χ3v) is 9.04. The summed E-state index contributed by atoms with van der Waals surface area (Å²) >= 11 is 0. The molecular weight excluding hydrogens is 849 g/mol. The van der Waals surface area contributed by atoms with Crippen molar-refractivity contribution < 1.29 is 39.6 Å². The Morgan fingerprint density at radius 1 is 0.455 bits per heavy atom. The lowest BCUT2D eigenvalue weighted by Crippen LogP contribution is -2.23. The minimum atomic E-state index is -1.24. The molecule has 4 aromatic carbocycles. The highest BCUT2D eigenvalue weighted by Crippen LogP contribution is 2.15. The van der Waals surface area contributed by atoms with Crippen LogP contribution in [0.3, 0.4) is 0 Å². The molecule has 2 heterocycles. The average Bonchev–Trinajstić information content (AvgIpc) is 3.27. The van der Waals surface area contributed by atoms with Gasteiger partial charge in [0, 0.05) is 59.5 Å². The van der Waals surface area contributed by atoms with Crippen molar-refractivity contribution in [2.75, 3.05) is 0 Å². The van der Waals surface area contributed by atoms with Crippen molar-refractivity contribution in [3.63, 3.8) is 0 Å². The maximum atomic E-state index is 11.1. The van der Waals surface area contributed by atoms with Crippen LogP contribution in [0, 0.1) is 27.7 Å². The molecule has 0 aliphatic rings. The number of hydrogen-bond donors (Lipinski definition) is 2. The Labute approximate surface area is 376 Å². The number of carboxylic acids is 4. The van der Waals surface area contributed by atoms with Crippen molar-refractivity contribution in [1.82, 2.24) is 40.8 Å². The van der Waals surface area contributed by atoms with Gasteiger partial charge in [0.05, 0.1) is 23.1 Å². The molecule has 0 bridgehead atoms. The highest BCUT2D eigenvalue weighted by Gasteiger charge is 2.08. The number of allylic oxidation sites excluding steroid dienone is 2. The highest BCUT2D eigenvalue weighted by molar-refractivity contribution is 5.93. The summed E-state index contributed by atoms with van der Waals surface area (Å²) in [5.74, 6) is -3.83. The number of benzene rings is 4. The Balaban J connectivity index is 0.000000251. The predicted octanol–water partition coefficient (Wildman–Crippen LogP) is 4.35. The SMILES string of the molecule is C/C(=C\c1nnc(/C=C(\C)N=Cc2ccc(C(=O)O)c(C)c2)nn1)N=Cc1ccc(C(=O)[O-])c(C)c1.Cc1cc(C=Nc2nnc(N=Cc3ccc(C(=O)O)c(C)c3)nn2)ccc1C(=O)[O-]. The Bertz CT molecular complexity index is 2800. The monoisotopic (exact) mass is 886 g/mol. The lowest BCUT2D eigenvalue weighted by atomic mass is 10.1. The van der Waals surface area contributed by atoms with E-state index >= 15 is 0 Å². The van der Waals surface area contributed by atoms with Crippen molar-refractivity contribution in [3.05, 3.63) is 163 Å². The quantitative estimate of drug-likeness (QED) is 0.144. The second-order valence-electron chi connectivity index (χ2n) is 14.2. The van der Waals surface area contributed by atoms with Gasteiger partial charge in [0.1, 0.15) is 0 Å². The van der Waals surface area contributed by atoms with E-state index in [-0.39, 0.29) is 45.8 Å². The first-order valence-corrected chi connectivity index (χ1v) is 19.4. The number of nitrogens with zero attached hydrogens (tertiary/aromatic N) is 12. The fourth-order valence-electron chi connectivity index (χ4n) is 5.75. The van der Waals surface area contributed by atoms with E-state index in [9.17, 15) is 29.4 Å². The standard InChI is InChI=1S/C26H24N6O4.C20H16N6O4/c1-15-9-19(5-7-21(15)25(33)34)13-27-17(3)11-23-29-31-24(32-30-23)12-18(4)28-14-20-6-8-22(26(35)36)16(2)10-20;1-11-7-13(3-5-15(11)17(27)28)9-21-19-23-25-20(26-24-19)22-10-14-4-6-16(18(29)30)12(2)8-14/h5-14H,1-4H3,(H,33,34)(H,35,36);3-10H,1-2H3,(H,27,28)(H,29,30)/p-2/b17-11+,18-12+,27-13?,28-14?;. The van der Waals surface area contributed by atoms with Gasteiger partial charge >= 0.3 is 11.9 Å². The molecule has 2 N–H and O–H groups in total. The molecule has 0 unspecified atom stereocenters. The normalized spacial score (nSPS) is 11.9. The first kappa shape index (κ1) is 47.8. The summed E-state index contributed by atoms with van der Waals surface area (Å²) in [5, 5.41) is 71.5. The first-order valence-electron chi connectivity index (χ1n) is 19.4. The lowest BCUT2D eigenvalue weighted by molar-refractivity contribution is -0.256. The number of carboxylic acid groups (broad SMARTS) is 4. The van der Waals surface area contributed by atoms with Gasteiger partial charge in [-0.15, -0.1) is 40.8 Å². The largest absolute Gasteiger partial charge is 0.545 e. The van der Waals surface area contributed by atoms with Crippen LogP contribution in [0.15, 0.2) is 104 Å². The maximum Gasteiger partial charge on any atom is 0.335 e. The van der Waals surface area contributed by atoms with Crippen LogP contribution in [-0.2, 0) is 0 Å². The molecule has 0 aliphatic heterocycles. The van der Waals surface area contributed by atoms with E-state index in [0.717, 1.165) is 11.1 Å². The van der Waals surface area contributed by atoms with Gasteiger partial charge < -0.3 is 30.0 Å². The molecule has 0 saturated heterocycles. The van der Waals surface area contributed by atoms with E-state index in [1.165, 1.54) is 30.6 Å². The number of hydrogen-bond acceptors (Lipinski definition) is 18. The van der Waals surface area contributed by atoms with Gasteiger partial charge in [-0.25, -0.2) is 19.6 Å². The van der Waals surface area contributed by atoms with Crippen LogP contribution in [0.5, 0.6) is 0 Å². The van der Waals surface area contributed by atoms with Crippen molar-refractivity contribution in [1.29, 1.82) is 0 Å². The van der Waals surface area contributed by atoms with Crippen LogP contribution in [0.2, 0.25) is 0 Å². The van der Waals surface area contributed by atoms with E-state index in [0.29, 0.717) is 44.8 Å². The first-order chi connectivity index (χ1) is 31.4. The van der Waals surface area contributed by atoms with Crippen LogP contribution >= 0.6 is 0 Å². The summed E-state index contributed by atoms with van der Waals surface area (Å²) in [5.41, 5.74) is 7.19. The molecule has 2 aromatic heterocycles. The van der Waals surface area contributed by atoms with Gasteiger partial charge in [-0.05, 0) is 122 Å². The summed E-state index contributed by atoms with van der Waals surface area (Å²) in [4.78, 5) is 60.9. The summed E-state index contributed by atoms with van der Waals surface area (Å²) in [6.07, 6.45) is 9.39. The van der Waals surface area contributed by atoms with Crippen LogP contribution in [0.1, 0.15) is 111 Å². The Morgan fingerprint density at radius 3 is 1.02 bits per heavy atom. The number of aromatic carboxylic acids is 4. The minimum Gasteiger partial charge on any atom is -0.545 e. The van der Waals surface area contributed by atoms with Gasteiger partial charge in [0.25, 0.3) is 11.9 Å². The van der Waals surface area contributed by atoms with E-state index in [1.54, 1.807) is 121 Å². The molecule has 0 fully saturated rings. The number of aromatic nitrogens is 8. The summed E-state index contributed by atoms with van der Waals surface area (Å²) < 4.78 is 0. The molecular formula is C46H38N12O8-2. The zero-order chi connectivity index (χ0) is 47.9. The smallest absolute Gasteiger partial charge is 0.335 e. The molecule has 66 heavy (non-hydrogen) atoms. The van der Waals surface area contributed by atoms with Crippen molar-refractivity contribution in [2.45, 2.75) is 41.5 Å². The molecule has 20 nitrogen and oxygen atoms in total. The number of carbonyl (C=O) groups excluding carboxylic acids is 2. The second-order valence-corrected chi connectivity index (χ2v) is 14.2. The number of aryl methyl sites for hydroxylation is 4. The predicted molar refractivity (Wildman–Crippen MR) is 240 cm³/mol. The average molecular weight is 887 g/mol. The lowest BCUT2D eigenvalue weighted by Gasteiger charge is -2.06. The molecule has 0 radical (unpaired) electrons. The molecule has 0 amide bonds. The summed E-state index contributed by atoms with van der Waals surface area (Å²) in [7, 11) is 0.